The number of hydrogen-bond acceptors (Lipinski definition) is 5. The van der Waals surface area contributed by atoms with Crippen molar-refractivity contribution in [3.63, 3.8) is 0 Å². The van der Waals surface area contributed by atoms with Crippen LogP contribution in [0.2, 0.25) is 0 Å². The molecule has 0 aliphatic heterocycles. The fraction of sp³-hybridized carbons (Fsp3) is 0.273. The zero-order valence-corrected chi connectivity index (χ0v) is 10.0. The summed E-state index contributed by atoms with van der Waals surface area (Å²) in [6.07, 6.45) is 0. The van der Waals surface area contributed by atoms with E-state index in [-0.39, 0.29) is 0 Å². The molecular weight excluding hydrogens is 222 g/mol. The van der Waals surface area contributed by atoms with Gasteiger partial charge in [0, 0.05) is 12.1 Å². The number of ether oxygens (including phenoxy) is 1. The van der Waals surface area contributed by atoms with Crippen LogP contribution in [0.4, 0.5) is 5.13 Å². The molecule has 0 radical (unpaired) electrons. The van der Waals surface area contributed by atoms with Crippen LogP contribution in [-0.4, -0.2) is 17.3 Å². The lowest BCUT2D eigenvalue weighted by Gasteiger charge is -2.07. The predicted octanol–water partition coefficient (Wildman–Crippen LogP) is 2.47. The first-order valence-corrected chi connectivity index (χ1v) is 5.77. The average Bonchev–Trinajstić information content (AvgIpc) is 2.73. The Morgan fingerprint density at radius 2 is 2.12 bits per heavy atom. The number of aromatic nitrogens is 2. The molecule has 0 aliphatic carbocycles. The molecule has 0 spiro atoms. The van der Waals surface area contributed by atoms with Gasteiger partial charge in [-0.2, -0.15) is 0 Å². The fourth-order valence-electron chi connectivity index (χ4n) is 1.39. The van der Waals surface area contributed by atoms with Gasteiger partial charge in [-0.1, -0.05) is 29.5 Å². The van der Waals surface area contributed by atoms with Crippen molar-refractivity contribution in [1.29, 1.82) is 0 Å². The lowest BCUT2D eigenvalue weighted by Crippen LogP contribution is -2.01. The summed E-state index contributed by atoms with van der Waals surface area (Å²) in [4.78, 5) is 0. The highest BCUT2D eigenvalue weighted by atomic mass is 32.1. The van der Waals surface area contributed by atoms with E-state index in [1.54, 1.807) is 18.4 Å². The van der Waals surface area contributed by atoms with Crippen molar-refractivity contribution in [2.75, 3.05) is 12.4 Å². The van der Waals surface area contributed by atoms with Crippen molar-refractivity contribution < 1.29 is 4.74 Å². The Morgan fingerprint density at radius 3 is 2.81 bits per heavy atom. The second-order valence-electron chi connectivity index (χ2n) is 3.29. The van der Waals surface area contributed by atoms with E-state index < -0.39 is 0 Å². The molecule has 1 aromatic carbocycles. The molecule has 0 saturated heterocycles. The lowest BCUT2D eigenvalue weighted by atomic mass is 10.2. The highest BCUT2D eigenvalue weighted by Gasteiger charge is 2.03. The van der Waals surface area contributed by atoms with Crippen LogP contribution in [0.15, 0.2) is 24.3 Å². The topological polar surface area (TPSA) is 47.0 Å². The van der Waals surface area contributed by atoms with E-state index >= 15 is 0 Å². The van der Waals surface area contributed by atoms with Crippen LogP contribution in [0.25, 0.3) is 0 Å². The van der Waals surface area contributed by atoms with E-state index in [1.165, 1.54) is 0 Å². The third-order valence-electron chi connectivity index (χ3n) is 2.15. The molecule has 0 amide bonds. The van der Waals surface area contributed by atoms with Gasteiger partial charge < -0.3 is 10.1 Å². The number of methoxy groups -OCH3 is 1. The van der Waals surface area contributed by atoms with Gasteiger partial charge in [-0.15, -0.1) is 10.2 Å². The van der Waals surface area contributed by atoms with Crippen molar-refractivity contribution in [3.8, 4) is 5.75 Å². The fourth-order valence-corrected chi connectivity index (χ4v) is 1.98. The van der Waals surface area contributed by atoms with Crippen LogP contribution < -0.4 is 10.1 Å². The van der Waals surface area contributed by atoms with E-state index in [2.05, 4.69) is 15.5 Å². The van der Waals surface area contributed by atoms with Crippen LogP contribution in [-0.2, 0) is 6.54 Å². The highest BCUT2D eigenvalue weighted by molar-refractivity contribution is 7.15. The van der Waals surface area contributed by atoms with E-state index in [0.29, 0.717) is 6.54 Å². The molecule has 2 aromatic rings. The zero-order chi connectivity index (χ0) is 11.4. The Balaban J connectivity index is 2.04. The zero-order valence-electron chi connectivity index (χ0n) is 9.23. The largest absolute Gasteiger partial charge is 0.496 e. The van der Waals surface area contributed by atoms with E-state index in [0.717, 1.165) is 21.5 Å². The van der Waals surface area contributed by atoms with Gasteiger partial charge in [0.1, 0.15) is 10.8 Å². The van der Waals surface area contributed by atoms with Crippen molar-refractivity contribution in [2.45, 2.75) is 13.5 Å². The summed E-state index contributed by atoms with van der Waals surface area (Å²) in [6.45, 7) is 2.63. The lowest BCUT2D eigenvalue weighted by molar-refractivity contribution is 0.410. The number of aryl methyl sites for hydroxylation is 1. The monoisotopic (exact) mass is 235 g/mol. The van der Waals surface area contributed by atoms with Gasteiger partial charge in [0.2, 0.25) is 5.13 Å². The summed E-state index contributed by atoms with van der Waals surface area (Å²) in [7, 11) is 1.67. The van der Waals surface area contributed by atoms with Crippen LogP contribution in [0.3, 0.4) is 0 Å². The van der Waals surface area contributed by atoms with Gasteiger partial charge in [-0.05, 0) is 13.0 Å². The molecule has 0 unspecified atom stereocenters. The minimum absolute atomic E-state index is 0.693. The molecule has 16 heavy (non-hydrogen) atoms. The maximum Gasteiger partial charge on any atom is 0.205 e. The first kappa shape index (κ1) is 10.9. The second-order valence-corrected chi connectivity index (χ2v) is 4.47. The van der Waals surface area contributed by atoms with Crippen LogP contribution in [0.1, 0.15) is 10.6 Å². The quantitative estimate of drug-likeness (QED) is 0.884. The number of nitrogens with one attached hydrogen (secondary N) is 1. The van der Waals surface area contributed by atoms with Crippen LogP contribution >= 0.6 is 11.3 Å². The minimum atomic E-state index is 0.693. The summed E-state index contributed by atoms with van der Waals surface area (Å²) in [5.74, 6) is 0.885. The van der Waals surface area contributed by atoms with Crippen molar-refractivity contribution in [1.82, 2.24) is 10.2 Å². The van der Waals surface area contributed by atoms with E-state index in [1.807, 2.05) is 31.2 Å². The molecular formula is C11H13N3OS. The number of nitrogens with zero attached hydrogens (tertiary/aromatic N) is 2. The molecule has 4 nitrogen and oxygen atoms in total. The molecule has 2 rings (SSSR count). The number of anilines is 1. The predicted molar refractivity (Wildman–Crippen MR) is 65.0 cm³/mol. The highest BCUT2D eigenvalue weighted by Crippen LogP contribution is 2.20. The average molecular weight is 235 g/mol. The molecule has 1 heterocycles. The normalized spacial score (nSPS) is 10.1. The molecule has 5 heteroatoms. The maximum atomic E-state index is 5.27. The van der Waals surface area contributed by atoms with E-state index in [9.17, 15) is 0 Å². The Hall–Kier alpha value is -1.62. The van der Waals surface area contributed by atoms with Crippen LogP contribution in [0.5, 0.6) is 5.75 Å². The van der Waals surface area contributed by atoms with E-state index in [4.69, 9.17) is 4.74 Å². The molecule has 0 saturated carbocycles. The number of para-hydroxylation sites is 1. The smallest absolute Gasteiger partial charge is 0.205 e. The van der Waals surface area contributed by atoms with Gasteiger partial charge in [-0.25, -0.2) is 0 Å². The second kappa shape index (κ2) is 4.94. The Kier molecular flexibility index (Phi) is 3.36. The van der Waals surface area contributed by atoms with Crippen molar-refractivity contribution in [3.05, 3.63) is 34.8 Å². The Bertz CT molecular complexity index is 470. The minimum Gasteiger partial charge on any atom is -0.496 e. The summed E-state index contributed by atoms with van der Waals surface area (Å²) < 4.78 is 5.27. The van der Waals surface area contributed by atoms with Gasteiger partial charge in [0.05, 0.1) is 7.11 Å². The molecule has 0 fully saturated rings. The standard InChI is InChI=1S/C11H13N3OS/c1-8-13-14-11(16-8)12-7-9-5-3-4-6-10(9)15-2/h3-6H,7H2,1-2H3,(H,12,14). The van der Waals surface area contributed by atoms with Gasteiger partial charge in [0.25, 0.3) is 0 Å². The first-order chi connectivity index (χ1) is 7.79. The summed E-state index contributed by atoms with van der Waals surface area (Å²) >= 11 is 1.55. The van der Waals surface area contributed by atoms with Gasteiger partial charge >= 0.3 is 0 Å². The molecule has 0 aliphatic rings. The summed E-state index contributed by atoms with van der Waals surface area (Å²) in [5, 5.41) is 13.0. The molecule has 84 valence electrons. The van der Waals surface area contributed by atoms with Crippen LogP contribution in [0, 0.1) is 6.92 Å². The first-order valence-electron chi connectivity index (χ1n) is 4.95. The molecule has 0 atom stereocenters. The Labute approximate surface area is 98.3 Å². The SMILES string of the molecule is COc1ccccc1CNc1nnc(C)s1. The molecule has 1 N–H and O–H groups in total. The third kappa shape index (κ3) is 2.49. The number of rotatable bonds is 4. The number of hydrogen-bond donors (Lipinski definition) is 1. The summed E-state index contributed by atoms with van der Waals surface area (Å²) in [5.41, 5.74) is 1.11. The van der Waals surface area contributed by atoms with Crippen molar-refractivity contribution in [2.24, 2.45) is 0 Å². The number of benzene rings is 1. The third-order valence-corrected chi connectivity index (χ3v) is 2.95. The summed E-state index contributed by atoms with van der Waals surface area (Å²) in [6, 6.07) is 7.92. The maximum absolute atomic E-state index is 5.27. The molecule has 0 bridgehead atoms. The molecule has 1 aromatic heterocycles. The Morgan fingerprint density at radius 1 is 1.31 bits per heavy atom. The van der Waals surface area contributed by atoms with Gasteiger partial charge in [-0.3, -0.25) is 0 Å². The van der Waals surface area contributed by atoms with Gasteiger partial charge in [0.15, 0.2) is 0 Å². The van der Waals surface area contributed by atoms with Crippen molar-refractivity contribution >= 4 is 16.5 Å².